The zero-order chi connectivity index (χ0) is 19.6. The van der Waals surface area contributed by atoms with Crippen molar-refractivity contribution in [3.8, 4) is 5.75 Å². The number of hydrogen-bond acceptors (Lipinski definition) is 5. The van der Waals surface area contributed by atoms with Crippen molar-refractivity contribution in [3.05, 3.63) is 58.9 Å². The normalized spacial score (nSPS) is 11.4. The van der Waals surface area contributed by atoms with Crippen molar-refractivity contribution in [2.45, 2.75) is 12.9 Å². The van der Waals surface area contributed by atoms with Gasteiger partial charge in [0.25, 0.3) is 5.69 Å². The lowest BCUT2D eigenvalue weighted by molar-refractivity contribution is -0.383. The zero-order valence-electron chi connectivity index (χ0n) is 13.4. The van der Waals surface area contributed by atoms with E-state index in [2.05, 4.69) is 15.0 Å². The van der Waals surface area contributed by atoms with Gasteiger partial charge in [-0.3, -0.25) is 14.9 Å². The minimum atomic E-state index is -4.80. The highest BCUT2D eigenvalue weighted by atomic mass is 19.4. The maximum atomic E-state index is 12.2. The number of hydrogen-bond donors (Lipinski definition) is 1. The highest BCUT2D eigenvalue weighted by Gasteiger charge is 2.31. The number of rotatable bonds is 5. The van der Waals surface area contributed by atoms with Gasteiger partial charge in [0, 0.05) is 11.8 Å². The SMILES string of the molecule is O=C(Cn1cnc2cccc([N+](=O)[O-])c21)Nc1ccc(OC(F)(F)F)cc1. The summed E-state index contributed by atoms with van der Waals surface area (Å²) >= 11 is 0. The molecule has 0 aliphatic rings. The third-order valence-corrected chi connectivity index (χ3v) is 3.50. The van der Waals surface area contributed by atoms with Crippen molar-refractivity contribution in [2.75, 3.05) is 5.32 Å². The molecule has 0 atom stereocenters. The van der Waals surface area contributed by atoms with Crippen LogP contribution in [0.25, 0.3) is 11.0 Å². The molecule has 0 unspecified atom stereocenters. The Balaban J connectivity index is 1.73. The number of nitrogens with one attached hydrogen (secondary N) is 1. The smallest absolute Gasteiger partial charge is 0.406 e. The fraction of sp³-hybridized carbons (Fsp3) is 0.125. The second-order valence-electron chi connectivity index (χ2n) is 5.39. The minimum absolute atomic E-state index is 0.188. The van der Waals surface area contributed by atoms with Crippen molar-refractivity contribution in [2.24, 2.45) is 0 Å². The number of aromatic nitrogens is 2. The average molecular weight is 380 g/mol. The Morgan fingerprint density at radius 2 is 1.93 bits per heavy atom. The summed E-state index contributed by atoms with van der Waals surface area (Å²) in [5, 5.41) is 13.6. The van der Waals surface area contributed by atoms with Gasteiger partial charge in [-0.2, -0.15) is 0 Å². The predicted molar refractivity (Wildman–Crippen MR) is 88.1 cm³/mol. The minimum Gasteiger partial charge on any atom is -0.406 e. The van der Waals surface area contributed by atoms with Crippen molar-refractivity contribution >= 4 is 28.3 Å². The van der Waals surface area contributed by atoms with E-state index in [-0.39, 0.29) is 23.4 Å². The van der Waals surface area contributed by atoms with E-state index in [1.807, 2.05) is 0 Å². The van der Waals surface area contributed by atoms with Crippen molar-refractivity contribution in [1.29, 1.82) is 0 Å². The molecule has 0 saturated heterocycles. The second kappa shape index (κ2) is 6.94. The highest BCUT2D eigenvalue weighted by Crippen LogP contribution is 2.25. The quantitative estimate of drug-likeness (QED) is 0.540. The van der Waals surface area contributed by atoms with Gasteiger partial charge in [-0.25, -0.2) is 4.98 Å². The molecule has 1 N–H and O–H groups in total. The summed E-state index contributed by atoms with van der Waals surface area (Å²) in [6.07, 6.45) is -3.50. The van der Waals surface area contributed by atoms with Gasteiger partial charge in [0.1, 0.15) is 17.8 Å². The van der Waals surface area contributed by atoms with Crippen LogP contribution in [0.5, 0.6) is 5.75 Å². The van der Waals surface area contributed by atoms with Crippen LogP contribution < -0.4 is 10.1 Å². The third kappa shape index (κ3) is 4.32. The molecule has 0 spiro atoms. The van der Waals surface area contributed by atoms with Crippen LogP contribution in [-0.4, -0.2) is 26.7 Å². The molecule has 27 heavy (non-hydrogen) atoms. The molecule has 1 heterocycles. The molecule has 1 amide bonds. The second-order valence-corrected chi connectivity index (χ2v) is 5.39. The maximum absolute atomic E-state index is 12.2. The third-order valence-electron chi connectivity index (χ3n) is 3.50. The first-order chi connectivity index (χ1) is 12.7. The van der Waals surface area contributed by atoms with Gasteiger partial charge in [0.15, 0.2) is 0 Å². The highest BCUT2D eigenvalue weighted by molar-refractivity contribution is 5.92. The number of nitrogens with zero attached hydrogens (tertiary/aromatic N) is 3. The predicted octanol–water partition coefficient (Wildman–Crippen LogP) is 3.48. The Hall–Kier alpha value is -3.63. The number of halogens is 3. The zero-order valence-corrected chi connectivity index (χ0v) is 13.4. The number of ether oxygens (including phenoxy) is 1. The lowest BCUT2D eigenvalue weighted by Crippen LogP contribution is -2.19. The van der Waals surface area contributed by atoms with Crippen LogP contribution in [0.15, 0.2) is 48.8 Å². The summed E-state index contributed by atoms with van der Waals surface area (Å²) in [5.41, 5.74) is 0.622. The molecule has 0 radical (unpaired) electrons. The number of anilines is 1. The van der Waals surface area contributed by atoms with Gasteiger partial charge < -0.3 is 14.6 Å². The monoisotopic (exact) mass is 380 g/mol. The first-order valence-electron chi connectivity index (χ1n) is 7.47. The fourth-order valence-corrected chi connectivity index (χ4v) is 2.47. The number of nitro groups is 1. The first-order valence-corrected chi connectivity index (χ1v) is 7.47. The number of para-hydroxylation sites is 1. The molecule has 3 aromatic rings. The van der Waals surface area contributed by atoms with Crippen LogP contribution in [0.1, 0.15) is 0 Å². The Kier molecular flexibility index (Phi) is 4.67. The van der Waals surface area contributed by atoms with Gasteiger partial charge in [0.05, 0.1) is 16.8 Å². The molecular weight excluding hydrogens is 369 g/mol. The average Bonchev–Trinajstić information content (AvgIpc) is 2.98. The standard InChI is InChI=1S/C16H11F3N4O4/c17-16(18,19)27-11-6-4-10(5-7-11)21-14(24)8-22-9-20-12-2-1-3-13(15(12)22)23(25)26/h1-7,9H,8H2,(H,21,24). The summed E-state index contributed by atoms with van der Waals surface area (Å²) in [4.78, 5) is 26.8. The number of amides is 1. The molecule has 140 valence electrons. The number of carbonyl (C=O) groups excluding carboxylic acids is 1. The number of carbonyl (C=O) groups is 1. The van der Waals surface area contributed by atoms with Crippen molar-refractivity contribution in [1.82, 2.24) is 9.55 Å². The van der Waals surface area contributed by atoms with Crippen LogP contribution in [0, 0.1) is 10.1 Å². The van der Waals surface area contributed by atoms with Gasteiger partial charge >= 0.3 is 6.36 Å². The summed E-state index contributed by atoms with van der Waals surface area (Å²) in [6, 6.07) is 8.97. The molecule has 0 fully saturated rings. The maximum Gasteiger partial charge on any atom is 0.573 e. The van der Waals surface area contributed by atoms with Crippen LogP contribution in [0.4, 0.5) is 24.5 Å². The summed E-state index contributed by atoms with van der Waals surface area (Å²) < 4.78 is 41.5. The van der Waals surface area contributed by atoms with Gasteiger partial charge in [-0.05, 0) is 30.3 Å². The molecule has 0 aliphatic heterocycles. The molecular formula is C16H11F3N4O4. The molecule has 8 nitrogen and oxygen atoms in total. The largest absolute Gasteiger partial charge is 0.573 e. The Morgan fingerprint density at radius 3 is 2.56 bits per heavy atom. The summed E-state index contributed by atoms with van der Waals surface area (Å²) in [7, 11) is 0. The van der Waals surface area contributed by atoms with E-state index < -0.39 is 22.9 Å². The van der Waals surface area contributed by atoms with E-state index in [4.69, 9.17) is 0 Å². The van der Waals surface area contributed by atoms with Gasteiger partial charge in [-0.1, -0.05) is 6.07 Å². The number of non-ortho nitro benzene ring substituents is 1. The Bertz CT molecular complexity index is 999. The van der Waals surface area contributed by atoms with E-state index in [1.54, 1.807) is 6.07 Å². The summed E-state index contributed by atoms with van der Waals surface area (Å²) in [5.74, 6) is -0.950. The number of alkyl halides is 3. The molecule has 0 aliphatic carbocycles. The lowest BCUT2D eigenvalue weighted by atomic mass is 10.2. The molecule has 0 saturated carbocycles. The fourth-order valence-electron chi connectivity index (χ4n) is 2.47. The molecule has 1 aromatic heterocycles. The molecule has 11 heteroatoms. The number of nitro benzene ring substituents is 1. The van der Waals surface area contributed by atoms with Gasteiger partial charge in [0.2, 0.25) is 5.91 Å². The van der Waals surface area contributed by atoms with Crippen LogP contribution in [0.3, 0.4) is 0 Å². The van der Waals surface area contributed by atoms with E-state index in [9.17, 15) is 28.1 Å². The van der Waals surface area contributed by atoms with E-state index >= 15 is 0 Å². The topological polar surface area (TPSA) is 99.3 Å². The van der Waals surface area contributed by atoms with Crippen LogP contribution >= 0.6 is 0 Å². The number of imidazole rings is 1. The lowest BCUT2D eigenvalue weighted by Gasteiger charge is -2.10. The van der Waals surface area contributed by atoms with E-state index in [0.717, 1.165) is 12.1 Å². The van der Waals surface area contributed by atoms with Crippen LogP contribution in [-0.2, 0) is 11.3 Å². The number of fused-ring (bicyclic) bond motifs is 1. The van der Waals surface area contributed by atoms with Crippen LogP contribution in [0.2, 0.25) is 0 Å². The Labute approximate surface area is 149 Å². The van der Waals surface area contributed by atoms with E-state index in [1.165, 1.54) is 35.2 Å². The van der Waals surface area contributed by atoms with Gasteiger partial charge in [-0.15, -0.1) is 13.2 Å². The summed E-state index contributed by atoms with van der Waals surface area (Å²) in [6.45, 7) is -0.262. The number of benzene rings is 2. The Morgan fingerprint density at radius 1 is 1.22 bits per heavy atom. The molecule has 3 rings (SSSR count). The molecule has 0 bridgehead atoms. The van der Waals surface area contributed by atoms with Crippen molar-refractivity contribution < 1.29 is 27.6 Å². The van der Waals surface area contributed by atoms with E-state index in [0.29, 0.717) is 5.52 Å². The van der Waals surface area contributed by atoms with Crippen molar-refractivity contribution in [3.63, 3.8) is 0 Å². The first kappa shape index (κ1) is 18.2. The molecule has 2 aromatic carbocycles.